The second kappa shape index (κ2) is 4.74. The van der Waals surface area contributed by atoms with Gasteiger partial charge in [0.2, 0.25) is 0 Å². The third-order valence-corrected chi connectivity index (χ3v) is 2.87. The molecule has 0 fully saturated rings. The molecule has 3 rings (SSSR count). The van der Waals surface area contributed by atoms with Gasteiger partial charge in [0.05, 0.1) is 18.0 Å². The summed E-state index contributed by atoms with van der Waals surface area (Å²) < 4.78 is 39.4. The maximum absolute atomic E-state index is 12.7. The Kier molecular flexibility index (Phi) is 3.01. The SMILES string of the molecule is OC1C(n2ccnn2)=CNN1c1cc(C(F)(F)F)ccn1. The number of hydrogen-bond donors (Lipinski definition) is 2. The number of halogens is 3. The number of aliphatic hydroxyl groups excluding tert-OH is 1. The van der Waals surface area contributed by atoms with Crippen molar-refractivity contribution in [2.75, 3.05) is 5.01 Å². The van der Waals surface area contributed by atoms with Crippen molar-refractivity contribution in [3.63, 3.8) is 0 Å². The number of anilines is 1. The molecule has 0 aromatic carbocycles. The smallest absolute Gasteiger partial charge is 0.367 e. The van der Waals surface area contributed by atoms with Crippen molar-refractivity contribution in [1.29, 1.82) is 0 Å². The second-order valence-electron chi connectivity index (χ2n) is 4.19. The summed E-state index contributed by atoms with van der Waals surface area (Å²) >= 11 is 0. The molecule has 0 bridgehead atoms. The third kappa shape index (κ3) is 2.40. The van der Waals surface area contributed by atoms with E-state index >= 15 is 0 Å². The molecule has 10 heteroatoms. The summed E-state index contributed by atoms with van der Waals surface area (Å²) in [6.45, 7) is 0. The average molecular weight is 298 g/mol. The Morgan fingerprint density at radius 1 is 1.29 bits per heavy atom. The lowest BCUT2D eigenvalue weighted by atomic mass is 10.2. The molecule has 1 atom stereocenters. The van der Waals surface area contributed by atoms with E-state index in [9.17, 15) is 18.3 Å². The topological polar surface area (TPSA) is 79.1 Å². The first-order valence-corrected chi connectivity index (χ1v) is 5.80. The molecule has 1 aliphatic heterocycles. The highest BCUT2D eigenvalue weighted by molar-refractivity contribution is 5.59. The van der Waals surface area contributed by atoms with Gasteiger partial charge >= 0.3 is 6.18 Å². The molecule has 0 saturated carbocycles. The molecule has 1 aliphatic rings. The summed E-state index contributed by atoms with van der Waals surface area (Å²) in [5, 5.41) is 18.5. The first kappa shape index (κ1) is 13.4. The molecule has 2 aromatic heterocycles. The van der Waals surface area contributed by atoms with Crippen molar-refractivity contribution in [1.82, 2.24) is 25.4 Å². The fraction of sp³-hybridized carbons (Fsp3) is 0.182. The zero-order valence-corrected chi connectivity index (χ0v) is 10.4. The van der Waals surface area contributed by atoms with Crippen LogP contribution in [0.15, 0.2) is 36.9 Å². The minimum Gasteiger partial charge on any atom is -0.367 e. The summed E-state index contributed by atoms with van der Waals surface area (Å²) in [5.74, 6) is -0.0660. The van der Waals surface area contributed by atoms with Gasteiger partial charge in [0.15, 0.2) is 6.23 Å². The van der Waals surface area contributed by atoms with Crippen molar-refractivity contribution in [2.45, 2.75) is 12.4 Å². The molecule has 0 radical (unpaired) electrons. The first-order chi connectivity index (χ1) is 9.97. The molecule has 110 valence electrons. The predicted octanol–water partition coefficient (Wildman–Crippen LogP) is 0.833. The number of hydrogen-bond acceptors (Lipinski definition) is 6. The fourth-order valence-corrected chi connectivity index (χ4v) is 1.86. The van der Waals surface area contributed by atoms with Gasteiger partial charge in [-0.25, -0.2) is 14.7 Å². The van der Waals surface area contributed by atoms with Crippen LogP contribution in [0.3, 0.4) is 0 Å². The van der Waals surface area contributed by atoms with Gasteiger partial charge in [0, 0.05) is 12.4 Å². The molecule has 21 heavy (non-hydrogen) atoms. The van der Waals surface area contributed by atoms with Crippen LogP contribution in [0, 0.1) is 0 Å². The summed E-state index contributed by atoms with van der Waals surface area (Å²) in [4.78, 5) is 3.83. The summed E-state index contributed by atoms with van der Waals surface area (Å²) in [6.07, 6.45) is -0.382. The van der Waals surface area contributed by atoms with E-state index in [1.54, 1.807) is 0 Å². The number of nitrogens with one attached hydrogen (secondary N) is 1. The summed E-state index contributed by atoms with van der Waals surface area (Å²) in [5.41, 5.74) is 2.10. The van der Waals surface area contributed by atoms with Crippen molar-refractivity contribution in [3.8, 4) is 0 Å². The highest BCUT2D eigenvalue weighted by Gasteiger charge is 2.33. The van der Waals surface area contributed by atoms with E-state index < -0.39 is 18.0 Å². The van der Waals surface area contributed by atoms with E-state index in [4.69, 9.17) is 0 Å². The maximum atomic E-state index is 12.7. The zero-order valence-electron chi connectivity index (χ0n) is 10.4. The van der Waals surface area contributed by atoms with Crippen molar-refractivity contribution in [2.24, 2.45) is 0 Å². The van der Waals surface area contributed by atoms with Gasteiger partial charge in [-0.3, -0.25) is 5.43 Å². The van der Waals surface area contributed by atoms with Crippen molar-refractivity contribution < 1.29 is 18.3 Å². The molecule has 1 unspecified atom stereocenters. The van der Waals surface area contributed by atoms with Crippen LogP contribution in [-0.2, 0) is 6.18 Å². The van der Waals surface area contributed by atoms with Gasteiger partial charge in [-0.1, -0.05) is 5.21 Å². The number of aliphatic hydroxyl groups is 1. The Bertz CT molecular complexity index is 669. The second-order valence-corrected chi connectivity index (χ2v) is 4.19. The number of rotatable bonds is 2. The first-order valence-electron chi connectivity index (χ1n) is 5.80. The number of pyridine rings is 1. The molecule has 7 nitrogen and oxygen atoms in total. The predicted molar refractivity (Wildman–Crippen MR) is 65.2 cm³/mol. The Morgan fingerprint density at radius 2 is 2.10 bits per heavy atom. The fourth-order valence-electron chi connectivity index (χ4n) is 1.86. The van der Waals surface area contributed by atoms with Crippen LogP contribution >= 0.6 is 0 Å². The largest absolute Gasteiger partial charge is 0.416 e. The molecule has 2 N–H and O–H groups in total. The van der Waals surface area contributed by atoms with E-state index in [2.05, 4.69) is 20.7 Å². The van der Waals surface area contributed by atoms with Crippen LogP contribution in [0.1, 0.15) is 5.56 Å². The Labute approximate surface area is 116 Å². The minimum absolute atomic E-state index is 0.0660. The number of aromatic nitrogens is 4. The highest BCUT2D eigenvalue weighted by atomic mass is 19.4. The Balaban J connectivity index is 1.87. The molecule has 0 amide bonds. The Hall–Kier alpha value is -2.62. The minimum atomic E-state index is -4.48. The van der Waals surface area contributed by atoms with E-state index in [-0.39, 0.29) is 5.82 Å². The van der Waals surface area contributed by atoms with E-state index in [0.29, 0.717) is 5.70 Å². The zero-order chi connectivity index (χ0) is 15.0. The van der Waals surface area contributed by atoms with Gasteiger partial charge in [-0.2, -0.15) is 13.2 Å². The lowest BCUT2D eigenvalue weighted by Crippen LogP contribution is -2.39. The summed E-state index contributed by atoms with van der Waals surface area (Å²) in [6, 6.07) is 1.70. The lowest BCUT2D eigenvalue weighted by molar-refractivity contribution is -0.137. The molecular weight excluding hydrogens is 289 g/mol. The Morgan fingerprint density at radius 3 is 2.76 bits per heavy atom. The lowest BCUT2D eigenvalue weighted by Gasteiger charge is -2.23. The van der Waals surface area contributed by atoms with Crippen LogP contribution < -0.4 is 10.4 Å². The molecule has 0 saturated heterocycles. The number of nitrogens with zero attached hydrogens (tertiary/aromatic N) is 5. The number of alkyl halides is 3. The van der Waals surface area contributed by atoms with Gasteiger partial charge in [-0.15, -0.1) is 5.10 Å². The quantitative estimate of drug-likeness (QED) is 0.855. The normalized spacial score (nSPS) is 18.6. The molecule has 0 aliphatic carbocycles. The average Bonchev–Trinajstić information content (AvgIpc) is 3.07. The van der Waals surface area contributed by atoms with Crippen molar-refractivity contribution >= 4 is 11.5 Å². The van der Waals surface area contributed by atoms with Crippen LogP contribution in [-0.4, -0.2) is 31.3 Å². The van der Waals surface area contributed by atoms with Crippen molar-refractivity contribution in [3.05, 3.63) is 42.5 Å². The standard InChI is InChI=1S/C11H9F3N6O/c12-11(13,14)7-1-2-15-9(5-7)20-10(21)8(6-17-20)19-4-3-16-18-19/h1-6,10,17,21H. The van der Waals surface area contributed by atoms with Gasteiger partial charge in [0.25, 0.3) is 0 Å². The van der Waals surface area contributed by atoms with Gasteiger partial charge in [-0.05, 0) is 12.1 Å². The molecular formula is C11H9F3N6O. The maximum Gasteiger partial charge on any atom is 0.416 e. The van der Waals surface area contributed by atoms with Crippen LogP contribution in [0.4, 0.5) is 19.0 Å². The molecule has 0 spiro atoms. The van der Waals surface area contributed by atoms with Gasteiger partial charge < -0.3 is 5.11 Å². The van der Waals surface area contributed by atoms with Crippen LogP contribution in [0.25, 0.3) is 5.70 Å². The van der Waals surface area contributed by atoms with E-state index in [1.165, 1.54) is 23.3 Å². The number of hydrazine groups is 1. The van der Waals surface area contributed by atoms with E-state index in [1.807, 2.05) is 0 Å². The monoisotopic (exact) mass is 298 g/mol. The summed E-state index contributed by atoms with van der Waals surface area (Å²) in [7, 11) is 0. The van der Waals surface area contributed by atoms with Crippen LogP contribution in [0.2, 0.25) is 0 Å². The molecule has 3 heterocycles. The van der Waals surface area contributed by atoms with E-state index in [0.717, 1.165) is 23.3 Å². The highest BCUT2D eigenvalue weighted by Crippen LogP contribution is 2.31. The van der Waals surface area contributed by atoms with Gasteiger partial charge in [0.1, 0.15) is 11.5 Å². The third-order valence-electron chi connectivity index (χ3n) is 2.87. The molecule has 2 aromatic rings. The van der Waals surface area contributed by atoms with Crippen LogP contribution in [0.5, 0.6) is 0 Å².